The molecule has 206 valence electrons. The van der Waals surface area contributed by atoms with Crippen LogP contribution in [-0.4, -0.2) is 47.3 Å². The third kappa shape index (κ3) is 6.07. The number of halogens is 2. The maximum Gasteiger partial charge on any atom is 0.281 e. The second kappa shape index (κ2) is 11.3. The number of rotatable bonds is 7. The number of aryl methyl sites for hydroxylation is 1. The molecule has 12 heteroatoms. The quantitative estimate of drug-likeness (QED) is 0.324. The molecule has 0 bridgehead atoms. The summed E-state index contributed by atoms with van der Waals surface area (Å²) in [5.74, 6) is -0.973. The fourth-order valence-corrected chi connectivity index (χ4v) is 5.53. The summed E-state index contributed by atoms with van der Waals surface area (Å²) in [5, 5.41) is 2.74. The molecular weight excluding hydrogens is 538 g/mol. The number of anilines is 3. The monoisotopic (exact) mass is 564 g/mol. The number of hydrogen-bond acceptors (Lipinski definition) is 7. The molecule has 4 aromatic rings. The molecule has 0 spiro atoms. The summed E-state index contributed by atoms with van der Waals surface area (Å²) in [6, 6.07) is 13.3. The SMILES string of the molecule is Cc1cc(F)ccc1Nc1cc(S(=O)(=O)Nc2ncccn2)ncc1C(=O)N1CCC(c2ccc(F)cc2)CC1. The van der Waals surface area contributed by atoms with Crippen molar-refractivity contribution >= 4 is 33.3 Å². The van der Waals surface area contributed by atoms with Gasteiger partial charge in [-0.2, -0.15) is 8.42 Å². The molecule has 0 unspecified atom stereocenters. The Morgan fingerprint density at radius 2 is 1.60 bits per heavy atom. The van der Waals surface area contributed by atoms with E-state index < -0.39 is 15.8 Å². The maximum atomic E-state index is 13.7. The zero-order valence-electron chi connectivity index (χ0n) is 21.5. The molecule has 2 N–H and O–H groups in total. The van der Waals surface area contributed by atoms with Crippen molar-refractivity contribution in [2.45, 2.75) is 30.7 Å². The van der Waals surface area contributed by atoms with E-state index in [2.05, 4.69) is 25.0 Å². The Kier molecular flexibility index (Phi) is 7.69. The van der Waals surface area contributed by atoms with Gasteiger partial charge in [0.1, 0.15) is 11.6 Å². The number of pyridine rings is 1. The molecule has 1 aliphatic heterocycles. The van der Waals surface area contributed by atoms with Crippen molar-refractivity contribution in [3.05, 3.63) is 102 Å². The average molecular weight is 565 g/mol. The molecule has 0 aliphatic carbocycles. The molecule has 0 saturated carbocycles. The standard InChI is InChI=1S/C28H26F2N6O3S/c1-18-15-22(30)7-8-24(18)34-25-16-26(40(38,39)35-28-31-11-2-12-32-28)33-17-23(25)27(37)36-13-9-20(10-14-36)19-3-5-21(29)6-4-19/h2-8,11-12,15-17,20H,9-10,13-14H2,1H3,(H,33,34)(H,31,32,35). The van der Waals surface area contributed by atoms with Crippen LogP contribution in [0.2, 0.25) is 0 Å². The summed E-state index contributed by atoms with van der Waals surface area (Å²) in [5.41, 5.74) is 2.45. The van der Waals surface area contributed by atoms with E-state index in [9.17, 15) is 22.0 Å². The molecule has 0 atom stereocenters. The van der Waals surface area contributed by atoms with Gasteiger partial charge in [0.25, 0.3) is 15.9 Å². The van der Waals surface area contributed by atoms with E-state index in [-0.39, 0.29) is 39.9 Å². The van der Waals surface area contributed by atoms with E-state index in [0.29, 0.717) is 37.2 Å². The summed E-state index contributed by atoms with van der Waals surface area (Å²) < 4.78 is 55.4. The molecule has 2 aromatic carbocycles. The van der Waals surface area contributed by atoms with Crippen LogP contribution >= 0.6 is 0 Å². The Hall–Kier alpha value is -4.45. The van der Waals surface area contributed by atoms with Crippen molar-refractivity contribution in [3.63, 3.8) is 0 Å². The Morgan fingerprint density at radius 1 is 0.925 bits per heavy atom. The third-order valence-electron chi connectivity index (χ3n) is 6.76. The second-order valence-corrected chi connectivity index (χ2v) is 11.1. The molecule has 3 heterocycles. The largest absolute Gasteiger partial charge is 0.355 e. The molecule has 5 rings (SSSR count). The highest BCUT2D eigenvalue weighted by atomic mass is 32.2. The molecule has 1 amide bonds. The lowest BCUT2D eigenvalue weighted by atomic mass is 9.89. The summed E-state index contributed by atoms with van der Waals surface area (Å²) in [6.07, 6.45) is 5.39. The lowest BCUT2D eigenvalue weighted by Crippen LogP contribution is -2.38. The van der Waals surface area contributed by atoms with Crippen LogP contribution in [0.25, 0.3) is 0 Å². The first-order valence-electron chi connectivity index (χ1n) is 12.6. The van der Waals surface area contributed by atoms with E-state index in [1.807, 2.05) is 0 Å². The fourth-order valence-electron chi connectivity index (χ4n) is 4.61. The average Bonchev–Trinajstić information content (AvgIpc) is 2.95. The van der Waals surface area contributed by atoms with Crippen LogP contribution in [0.4, 0.5) is 26.1 Å². The number of piperidine rings is 1. The number of amides is 1. The van der Waals surface area contributed by atoms with Gasteiger partial charge in [-0.1, -0.05) is 12.1 Å². The first kappa shape index (κ1) is 27.1. The van der Waals surface area contributed by atoms with Gasteiger partial charge in [-0.25, -0.2) is 28.5 Å². The predicted molar refractivity (Wildman–Crippen MR) is 146 cm³/mol. The fraction of sp³-hybridized carbons (Fsp3) is 0.214. The first-order chi connectivity index (χ1) is 19.2. The number of carbonyl (C=O) groups is 1. The zero-order chi connectivity index (χ0) is 28.3. The molecular formula is C28H26F2N6O3S. The van der Waals surface area contributed by atoms with E-state index in [4.69, 9.17) is 0 Å². The Labute approximate surface area is 230 Å². The number of nitrogens with one attached hydrogen (secondary N) is 2. The van der Waals surface area contributed by atoms with Gasteiger partial charge in [0.15, 0.2) is 5.03 Å². The van der Waals surface area contributed by atoms with Gasteiger partial charge in [-0.15, -0.1) is 0 Å². The van der Waals surface area contributed by atoms with E-state index in [1.165, 1.54) is 55.0 Å². The summed E-state index contributed by atoms with van der Waals surface area (Å²) in [6.45, 7) is 2.62. The van der Waals surface area contributed by atoms with Crippen LogP contribution in [0.5, 0.6) is 0 Å². The van der Waals surface area contributed by atoms with Crippen molar-refractivity contribution in [2.24, 2.45) is 0 Å². The number of carbonyl (C=O) groups excluding carboxylic acids is 1. The molecule has 1 saturated heterocycles. The van der Waals surface area contributed by atoms with Crippen molar-refractivity contribution in [1.82, 2.24) is 19.9 Å². The lowest BCUT2D eigenvalue weighted by Gasteiger charge is -2.32. The molecule has 40 heavy (non-hydrogen) atoms. The van der Waals surface area contributed by atoms with Gasteiger partial charge in [0, 0.05) is 43.4 Å². The van der Waals surface area contributed by atoms with Crippen LogP contribution < -0.4 is 10.0 Å². The van der Waals surface area contributed by atoms with E-state index in [0.717, 1.165) is 5.56 Å². The van der Waals surface area contributed by atoms with Gasteiger partial charge in [-0.05, 0) is 73.2 Å². The Bertz CT molecular complexity index is 1630. The molecule has 1 fully saturated rings. The summed E-state index contributed by atoms with van der Waals surface area (Å²) >= 11 is 0. The van der Waals surface area contributed by atoms with Crippen LogP contribution in [0.1, 0.15) is 40.2 Å². The van der Waals surface area contributed by atoms with Gasteiger partial charge in [0.2, 0.25) is 5.95 Å². The van der Waals surface area contributed by atoms with Gasteiger partial charge in [0.05, 0.1) is 11.3 Å². The number of nitrogens with zero attached hydrogens (tertiary/aromatic N) is 4. The van der Waals surface area contributed by atoms with E-state index >= 15 is 0 Å². The topological polar surface area (TPSA) is 117 Å². The molecule has 9 nitrogen and oxygen atoms in total. The van der Waals surface area contributed by atoms with Gasteiger partial charge < -0.3 is 10.2 Å². The first-order valence-corrected chi connectivity index (χ1v) is 14.1. The highest BCUT2D eigenvalue weighted by Crippen LogP contribution is 2.31. The predicted octanol–water partition coefficient (Wildman–Crippen LogP) is 5.02. The lowest BCUT2D eigenvalue weighted by molar-refractivity contribution is 0.0713. The minimum atomic E-state index is -4.19. The molecule has 0 radical (unpaired) electrons. The maximum absolute atomic E-state index is 13.7. The number of hydrogen-bond donors (Lipinski definition) is 2. The van der Waals surface area contributed by atoms with Crippen LogP contribution in [0.15, 0.2) is 78.2 Å². The van der Waals surface area contributed by atoms with Gasteiger partial charge >= 0.3 is 0 Å². The Balaban J connectivity index is 1.42. The van der Waals surface area contributed by atoms with Crippen LogP contribution in [0, 0.1) is 18.6 Å². The molecule has 1 aliphatic rings. The molecule has 2 aromatic heterocycles. The minimum absolute atomic E-state index is 0.127. The van der Waals surface area contributed by atoms with Crippen molar-refractivity contribution in [3.8, 4) is 0 Å². The summed E-state index contributed by atoms with van der Waals surface area (Å²) in [4.78, 5) is 27.2. The zero-order valence-corrected chi connectivity index (χ0v) is 22.3. The van der Waals surface area contributed by atoms with Gasteiger partial charge in [-0.3, -0.25) is 4.79 Å². The number of likely N-dealkylation sites (tertiary alicyclic amines) is 1. The third-order valence-corrected chi connectivity index (χ3v) is 7.98. The minimum Gasteiger partial charge on any atom is -0.355 e. The number of aromatic nitrogens is 3. The van der Waals surface area contributed by atoms with Crippen LogP contribution in [0.3, 0.4) is 0 Å². The van der Waals surface area contributed by atoms with Crippen molar-refractivity contribution < 1.29 is 22.0 Å². The number of sulfonamides is 1. The second-order valence-electron chi connectivity index (χ2n) is 9.45. The van der Waals surface area contributed by atoms with Crippen LogP contribution in [-0.2, 0) is 10.0 Å². The summed E-state index contributed by atoms with van der Waals surface area (Å²) in [7, 11) is -4.19. The smallest absolute Gasteiger partial charge is 0.281 e. The normalized spacial score (nSPS) is 14.1. The highest BCUT2D eigenvalue weighted by molar-refractivity contribution is 7.92. The van der Waals surface area contributed by atoms with E-state index in [1.54, 1.807) is 30.0 Å². The number of benzene rings is 2. The Morgan fingerprint density at radius 3 is 2.27 bits per heavy atom. The highest BCUT2D eigenvalue weighted by Gasteiger charge is 2.28. The van der Waals surface area contributed by atoms with Crippen molar-refractivity contribution in [1.29, 1.82) is 0 Å². The van der Waals surface area contributed by atoms with Crippen molar-refractivity contribution in [2.75, 3.05) is 23.1 Å².